The number of aromatic nitrogens is 2. The highest BCUT2D eigenvalue weighted by Gasteiger charge is 2.12. The van der Waals surface area contributed by atoms with Crippen LogP contribution in [-0.4, -0.2) is 60.2 Å². The molecule has 3 heterocycles. The SMILES string of the molecule is O=C(NCCCN1CCOCC1)c1ccc(CSc2ncccn2)o1. The average Bonchev–Trinajstić information content (AvgIpc) is 3.14. The second-order valence-electron chi connectivity index (χ2n) is 5.65. The lowest BCUT2D eigenvalue weighted by Crippen LogP contribution is -2.38. The van der Waals surface area contributed by atoms with E-state index in [4.69, 9.17) is 9.15 Å². The lowest BCUT2D eigenvalue weighted by molar-refractivity contribution is 0.0374. The third kappa shape index (κ3) is 5.84. The Hall–Kier alpha value is -1.90. The Morgan fingerprint density at radius 1 is 1.24 bits per heavy atom. The van der Waals surface area contributed by atoms with E-state index in [1.54, 1.807) is 24.5 Å². The number of morpholine rings is 1. The van der Waals surface area contributed by atoms with E-state index in [2.05, 4.69) is 20.2 Å². The van der Waals surface area contributed by atoms with Crippen LogP contribution in [0, 0.1) is 0 Å². The summed E-state index contributed by atoms with van der Waals surface area (Å²) < 4.78 is 10.9. The van der Waals surface area contributed by atoms with Crippen molar-refractivity contribution < 1.29 is 13.9 Å². The molecule has 0 unspecified atom stereocenters. The monoisotopic (exact) mass is 362 g/mol. The first kappa shape index (κ1) is 17.9. The van der Waals surface area contributed by atoms with Crippen LogP contribution in [0.25, 0.3) is 0 Å². The summed E-state index contributed by atoms with van der Waals surface area (Å²) >= 11 is 1.47. The molecule has 0 aromatic carbocycles. The second kappa shape index (κ2) is 9.55. The van der Waals surface area contributed by atoms with E-state index in [0.29, 0.717) is 23.2 Å². The van der Waals surface area contributed by atoms with Gasteiger partial charge in [-0.2, -0.15) is 0 Å². The molecule has 2 aromatic heterocycles. The van der Waals surface area contributed by atoms with Crippen molar-refractivity contribution in [2.24, 2.45) is 0 Å². The fraction of sp³-hybridized carbons (Fsp3) is 0.471. The number of nitrogens with zero attached hydrogens (tertiary/aromatic N) is 3. The average molecular weight is 362 g/mol. The molecule has 0 spiro atoms. The smallest absolute Gasteiger partial charge is 0.286 e. The van der Waals surface area contributed by atoms with Gasteiger partial charge in [-0.05, 0) is 31.2 Å². The minimum Gasteiger partial charge on any atom is -0.455 e. The summed E-state index contributed by atoms with van der Waals surface area (Å²) in [5, 5.41) is 3.59. The molecule has 1 amide bonds. The van der Waals surface area contributed by atoms with Gasteiger partial charge in [-0.15, -0.1) is 0 Å². The Morgan fingerprint density at radius 2 is 2.04 bits per heavy atom. The van der Waals surface area contributed by atoms with E-state index in [1.807, 2.05) is 6.07 Å². The van der Waals surface area contributed by atoms with Gasteiger partial charge >= 0.3 is 0 Å². The van der Waals surface area contributed by atoms with E-state index in [9.17, 15) is 4.79 Å². The maximum Gasteiger partial charge on any atom is 0.286 e. The molecular weight excluding hydrogens is 340 g/mol. The Labute approximate surface area is 151 Å². The Kier molecular flexibility index (Phi) is 6.84. The molecule has 1 aliphatic rings. The first-order chi connectivity index (χ1) is 12.3. The fourth-order valence-corrected chi connectivity index (χ4v) is 3.19. The first-order valence-corrected chi connectivity index (χ1v) is 9.36. The molecule has 0 atom stereocenters. The fourth-order valence-electron chi connectivity index (χ4n) is 2.49. The van der Waals surface area contributed by atoms with Gasteiger partial charge in [-0.3, -0.25) is 9.69 Å². The van der Waals surface area contributed by atoms with Crippen molar-refractivity contribution in [1.82, 2.24) is 20.2 Å². The Balaban J connectivity index is 1.36. The molecule has 2 aromatic rings. The van der Waals surface area contributed by atoms with Crippen LogP contribution in [0.2, 0.25) is 0 Å². The first-order valence-electron chi connectivity index (χ1n) is 8.38. The van der Waals surface area contributed by atoms with Gasteiger partial charge in [-0.1, -0.05) is 11.8 Å². The van der Waals surface area contributed by atoms with E-state index >= 15 is 0 Å². The number of amides is 1. The standard InChI is InChI=1S/C17H22N4O3S/c22-16(18-7-2-8-21-9-11-23-12-10-21)15-4-3-14(24-15)13-25-17-19-5-1-6-20-17/h1,3-6H,2,7-13H2,(H,18,22). The number of rotatable bonds is 8. The summed E-state index contributed by atoms with van der Waals surface area (Å²) in [7, 11) is 0. The molecule has 0 radical (unpaired) electrons. The molecule has 1 aliphatic heterocycles. The quantitative estimate of drug-likeness (QED) is 0.436. The molecule has 1 fully saturated rings. The van der Waals surface area contributed by atoms with Crippen LogP contribution < -0.4 is 5.32 Å². The van der Waals surface area contributed by atoms with Gasteiger partial charge in [-0.25, -0.2) is 9.97 Å². The highest BCUT2D eigenvalue weighted by Crippen LogP contribution is 2.20. The van der Waals surface area contributed by atoms with E-state index < -0.39 is 0 Å². The van der Waals surface area contributed by atoms with Crippen molar-refractivity contribution in [3.05, 3.63) is 42.1 Å². The molecule has 1 saturated heterocycles. The predicted molar refractivity (Wildman–Crippen MR) is 94.5 cm³/mol. The van der Waals surface area contributed by atoms with Crippen molar-refractivity contribution >= 4 is 17.7 Å². The van der Waals surface area contributed by atoms with Crippen molar-refractivity contribution in [3.63, 3.8) is 0 Å². The van der Waals surface area contributed by atoms with Gasteiger partial charge in [0.25, 0.3) is 5.91 Å². The summed E-state index contributed by atoms with van der Waals surface area (Å²) in [6.45, 7) is 5.15. The number of carbonyl (C=O) groups excluding carboxylic acids is 1. The van der Waals surface area contributed by atoms with Crippen LogP contribution in [-0.2, 0) is 10.5 Å². The van der Waals surface area contributed by atoms with Crippen molar-refractivity contribution in [2.75, 3.05) is 39.4 Å². The lowest BCUT2D eigenvalue weighted by Gasteiger charge is -2.26. The van der Waals surface area contributed by atoms with Gasteiger partial charge in [0, 0.05) is 32.0 Å². The molecule has 8 heteroatoms. The lowest BCUT2D eigenvalue weighted by atomic mass is 10.3. The minimum atomic E-state index is -0.172. The number of thioether (sulfide) groups is 1. The van der Waals surface area contributed by atoms with Crippen LogP contribution in [0.4, 0.5) is 0 Å². The van der Waals surface area contributed by atoms with Crippen LogP contribution in [0.15, 0.2) is 40.2 Å². The number of furan rings is 1. The number of hydrogen-bond acceptors (Lipinski definition) is 7. The maximum atomic E-state index is 12.1. The highest BCUT2D eigenvalue weighted by atomic mass is 32.2. The summed E-state index contributed by atoms with van der Waals surface area (Å²) in [5.74, 6) is 1.50. The largest absolute Gasteiger partial charge is 0.455 e. The topological polar surface area (TPSA) is 80.5 Å². The summed E-state index contributed by atoms with van der Waals surface area (Å²) in [4.78, 5) is 22.8. The molecule has 3 rings (SSSR count). The zero-order valence-corrected chi connectivity index (χ0v) is 14.8. The maximum absolute atomic E-state index is 12.1. The van der Waals surface area contributed by atoms with Crippen LogP contribution in [0.1, 0.15) is 22.7 Å². The van der Waals surface area contributed by atoms with Crippen molar-refractivity contribution in [2.45, 2.75) is 17.3 Å². The molecule has 134 valence electrons. The van der Waals surface area contributed by atoms with Crippen LogP contribution in [0.5, 0.6) is 0 Å². The number of nitrogens with one attached hydrogen (secondary N) is 1. The molecular formula is C17H22N4O3S. The predicted octanol–water partition coefficient (Wildman–Crippen LogP) is 1.81. The Bertz CT molecular complexity index is 659. The third-order valence-corrected chi connectivity index (χ3v) is 4.71. The second-order valence-corrected chi connectivity index (χ2v) is 6.59. The number of hydrogen-bond donors (Lipinski definition) is 1. The van der Waals surface area contributed by atoms with Crippen molar-refractivity contribution in [1.29, 1.82) is 0 Å². The van der Waals surface area contributed by atoms with Crippen molar-refractivity contribution in [3.8, 4) is 0 Å². The summed E-state index contributed by atoms with van der Waals surface area (Å²) in [6.07, 6.45) is 4.32. The Morgan fingerprint density at radius 3 is 2.84 bits per heavy atom. The van der Waals surface area contributed by atoms with Gasteiger partial charge in [0.15, 0.2) is 10.9 Å². The number of ether oxygens (including phenoxy) is 1. The van der Waals surface area contributed by atoms with E-state index in [1.165, 1.54) is 11.8 Å². The molecule has 7 nitrogen and oxygen atoms in total. The van der Waals surface area contributed by atoms with Crippen LogP contribution >= 0.6 is 11.8 Å². The minimum absolute atomic E-state index is 0.172. The zero-order chi connectivity index (χ0) is 17.3. The summed E-state index contributed by atoms with van der Waals surface area (Å²) in [5.41, 5.74) is 0. The molecule has 25 heavy (non-hydrogen) atoms. The van der Waals surface area contributed by atoms with Crippen LogP contribution in [0.3, 0.4) is 0 Å². The van der Waals surface area contributed by atoms with Gasteiger partial charge in [0.05, 0.1) is 19.0 Å². The van der Waals surface area contributed by atoms with Gasteiger partial charge in [0.2, 0.25) is 0 Å². The third-order valence-electron chi connectivity index (χ3n) is 3.81. The molecule has 1 N–H and O–H groups in total. The van der Waals surface area contributed by atoms with E-state index in [-0.39, 0.29) is 5.91 Å². The summed E-state index contributed by atoms with van der Waals surface area (Å²) in [6, 6.07) is 5.30. The molecule has 0 aliphatic carbocycles. The van der Waals surface area contributed by atoms with Gasteiger partial charge < -0.3 is 14.5 Å². The molecule has 0 saturated carbocycles. The number of carbonyl (C=O) groups is 1. The normalized spacial score (nSPS) is 15.2. The van der Waals surface area contributed by atoms with E-state index in [0.717, 1.165) is 45.0 Å². The highest BCUT2D eigenvalue weighted by molar-refractivity contribution is 7.98. The molecule has 0 bridgehead atoms. The zero-order valence-electron chi connectivity index (χ0n) is 14.0. The van der Waals surface area contributed by atoms with Gasteiger partial charge in [0.1, 0.15) is 5.76 Å².